The SMILES string of the molecule is Cc1ccc(C(=O)Nc2cc(CN)cc(C(F)(F)F)c2)c(C)n1.Cl.Cl. The summed E-state index contributed by atoms with van der Waals surface area (Å²) in [4.78, 5) is 16.4. The third-order valence-corrected chi connectivity index (χ3v) is 3.28. The zero-order valence-electron chi connectivity index (χ0n) is 13.5. The van der Waals surface area contributed by atoms with Crippen molar-refractivity contribution < 1.29 is 18.0 Å². The lowest BCUT2D eigenvalue weighted by Crippen LogP contribution is -2.16. The number of alkyl halides is 3. The molecule has 3 N–H and O–H groups in total. The Labute approximate surface area is 155 Å². The van der Waals surface area contributed by atoms with E-state index in [1.54, 1.807) is 26.0 Å². The van der Waals surface area contributed by atoms with Gasteiger partial charge in [-0.05, 0) is 49.7 Å². The summed E-state index contributed by atoms with van der Waals surface area (Å²) in [7, 11) is 0. The molecular weight excluding hydrogens is 378 g/mol. The summed E-state index contributed by atoms with van der Waals surface area (Å²) in [6.07, 6.45) is -4.51. The van der Waals surface area contributed by atoms with Crippen molar-refractivity contribution in [1.82, 2.24) is 4.98 Å². The Balaban J connectivity index is 0.00000288. The average Bonchev–Trinajstić information content (AvgIpc) is 2.45. The highest BCUT2D eigenvalue weighted by atomic mass is 35.5. The molecule has 0 atom stereocenters. The predicted octanol–water partition coefficient (Wildman–Crippen LogP) is 4.27. The zero-order valence-corrected chi connectivity index (χ0v) is 15.1. The van der Waals surface area contributed by atoms with Crippen LogP contribution in [0.1, 0.15) is 32.9 Å². The van der Waals surface area contributed by atoms with Gasteiger partial charge < -0.3 is 11.1 Å². The molecule has 1 aromatic heterocycles. The fraction of sp³-hybridized carbons (Fsp3) is 0.250. The third-order valence-electron chi connectivity index (χ3n) is 3.28. The molecule has 1 heterocycles. The van der Waals surface area contributed by atoms with Crippen LogP contribution in [0.5, 0.6) is 0 Å². The number of benzene rings is 1. The van der Waals surface area contributed by atoms with Gasteiger partial charge in [0.25, 0.3) is 5.91 Å². The van der Waals surface area contributed by atoms with Crippen molar-refractivity contribution in [3.8, 4) is 0 Å². The van der Waals surface area contributed by atoms with E-state index in [4.69, 9.17) is 5.73 Å². The Hall–Kier alpha value is -1.83. The lowest BCUT2D eigenvalue weighted by atomic mass is 10.1. The van der Waals surface area contributed by atoms with Crippen molar-refractivity contribution >= 4 is 36.4 Å². The quantitative estimate of drug-likeness (QED) is 0.814. The summed E-state index contributed by atoms with van der Waals surface area (Å²) >= 11 is 0. The van der Waals surface area contributed by atoms with Crippen LogP contribution in [0, 0.1) is 13.8 Å². The highest BCUT2D eigenvalue weighted by Gasteiger charge is 2.31. The number of pyridine rings is 1. The van der Waals surface area contributed by atoms with Gasteiger partial charge in [-0.3, -0.25) is 9.78 Å². The van der Waals surface area contributed by atoms with Crippen LogP contribution >= 0.6 is 24.8 Å². The van der Waals surface area contributed by atoms with E-state index in [0.717, 1.165) is 17.8 Å². The minimum atomic E-state index is -4.51. The molecule has 0 saturated heterocycles. The first-order valence-electron chi connectivity index (χ1n) is 6.87. The van der Waals surface area contributed by atoms with Gasteiger partial charge in [0, 0.05) is 17.9 Å². The van der Waals surface area contributed by atoms with Gasteiger partial charge in [-0.1, -0.05) is 0 Å². The maximum Gasteiger partial charge on any atom is 0.416 e. The van der Waals surface area contributed by atoms with Crippen LogP contribution in [0.2, 0.25) is 0 Å². The number of amides is 1. The summed E-state index contributed by atoms with van der Waals surface area (Å²) in [6, 6.07) is 6.52. The number of rotatable bonds is 3. The second kappa shape index (κ2) is 9.03. The average molecular weight is 396 g/mol. The van der Waals surface area contributed by atoms with Crippen LogP contribution in [0.15, 0.2) is 30.3 Å². The molecule has 1 amide bonds. The number of hydrogen-bond donors (Lipinski definition) is 2. The third kappa shape index (κ3) is 5.88. The number of nitrogens with one attached hydrogen (secondary N) is 1. The summed E-state index contributed by atoms with van der Waals surface area (Å²) < 4.78 is 38.7. The lowest BCUT2D eigenvalue weighted by Gasteiger charge is -2.13. The number of nitrogens with two attached hydrogens (primary N) is 1. The number of aryl methyl sites for hydroxylation is 2. The number of halogens is 5. The monoisotopic (exact) mass is 395 g/mol. The molecule has 2 rings (SSSR count). The molecule has 2 aromatic rings. The predicted molar refractivity (Wildman–Crippen MR) is 95.5 cm³/mol. The summed E-state index contributed by atoms with van der Waals surface area (Å²) in [6.45, 7) is 3.40. The van der Waals surface area contributed by atoms with E-state index in [-0.39, 0.29) is 42.6 Å². The van der Waals surface area contributed by atoms with Crippen LogP contribution in [0.3, 0.4) is 0 Å². The molecule has 0 aliphatic carbocycles. The maximum atomic E-state index is 12.9. The largest absolute Gasteiger partial charge is 0.416 e. The first-order chi connectivity index (χ1) is 10.7. The summed E-state index contributed by atoms with van der Waals surface area (Å²) in [5.74, 6) is -0.516. The second-order valence-corrected chi connectivity index (χ2v) is 5.16. The van der Waals surface area contributed by atoms with Gasteiger partial charge in [0.15, 0.2) is 0 Å². The highest BCUT2D eigenvalue weighted by molar-refractivity contribution is 6.05. The Morgan fingerprint density at radius 2 is 1.80 bits per heavy atom. The summed E-state index contributed by atoms with van der Waals surface area (Å²) in [5, 5.41) is 2.47. The molecular formula is C16H18Cl2F3N3O. The van der Waals surface area contributed by atoms with Crippen molar-refractivity contribution in [2.45, 2.75) is 26.6 Å². The van der Waals surface area contributed by atoms with Gasteiger partial charge in [-0.25, -0.2) is 0 Å². The van der Waals surface area contributed by atoms with Crippen LogP contribution in [0.25, 0.3) is 0 Å². The number of nitrogens with zero attached hydrogens (tertiary/aromatic N) is 1. The maximum absolute atomic E-state index is 12.9. The van der Waals surface area contributed by atoms with Crippen molar-refractivity contribution in [3.63, 3.8) is 0 Å². The minimum Gasteiger partial charge on any atom is -0.326 e. The van der Waals surface area contributed by atoms with Crippen molar-refractivity contribution in [1.29, 1.82) is 0 Å². The van der Waals surface area contributed by atoms with Gasteiger partial charge in [0.1, 0.15) is 0 Å². The number of carbonyl (C=O) groups is 1. The van der Waals surface area contributed by atoms with E-state index in [2.05, 4.69) is 10.3 Å². The van der Waals surface area contributed by atoms with Crippen molar-refractivity contribution in [2.24, 2.45) is 5.73 Å². The molecule has 4 nitrogen and oxygen atoms in total. The summed E-state index contributed by atoms with van der Waals surface area (Å²) in [5.41, 5.74) is 6.47. The topological polar surface area (TPSA) is 68.0 Å². The molecule has 0 fully saturated rings. The molecule has 0 unspecified atom stereocenters. The number of anilines is 1. The number of hydrogen-bond acceptors (Lipinski definition) is 3. The van der Waals surface area contributed by atoms with E-state index in [1.807, 2.05) is 0 Å². The normalized spacial score (nSPS) is 10.5. The molecule has 0 bridgehead atoms. The molecule has 0 saturated carbocycles. The zero-order chi connectivity index (χ0) is 17.2. The van der Waals surface area contributed by atoms with Gasteiger partial charge in [-0.15, -0.1) is 24.8 Å². The minimum absolute atomic E-state index is 0. The number of carbonyl (C=O) groups excluding carboxylic acids is 1. The van der Waals surface area contributed by atoms with Gasteiger partial charge in [0.2, 0.25) is 0 Å². The first-order valence-corrected chi connectivity index (χ1v) is 6.87. The molecule has 25 heavy (non-hydrogen) atoms. The fourth-order valence-electron chi connectivity index (χ4n) is 2.17. The second-order valence-electron chi connectivity index (χ2n) is 5.16. The molecule has 0 aliphatic heterocycles. The molecule has 1 aromatic carbocycles. The van der Waals surface area contributed by atoms with E-state index in [9.17, 15) is 18.0 Å². The van der Waals surface area contributed by atoms with E-state index in [1.165, 1.54) is 6.07 Å². The Kier molecular flexibility index (Phi) is 8.37. The van der Waals surface area contributed by atoms with Crippen LogP contribution in [0.4, 0.5) is 18.9 Å². The van der Waals surface area contributed by atoms with E-state index in [0.29, 0.717) is 11.3 Å². The standard InChI is InChI=1S/C16H16F3N3O.2ClH/c1-9-3-4-14(10(2)21-9)15(23)22-13-6-11(8-20)5-12(7-13)16(17,18)19;;/h3-7H,8,20H2,1-2H3,(H,22,23);2*1H. The van der Waals surface area contributed by atoms with Gasteiger partial charge in [-0.2, -0.15) is 13.2 Å². The van der Waals surface area contributed by atoms with Crippen molar-refractivity contribution in [2.75, 3.05) is 5.32 Å². The Morgan fingerprint density at radius 1 is 1.16 bits per heavy atom. The Bertz CT molecular complexity index is 752. The lowest BCUT2D eigenvalue weighted by molar-refractivity contribution is -0.137. The smallest absolute Gasteiger partial charge is 0.326 e. The van der Waals surface area contributed by atoms with E-state index >= 15 is 0 Å². The molecule has 0 aliphatic rings. The molecule has 9 heteroatoms. The van der Waals surface area contributed by atoms with Crippen LogP contribution in [-0.4, -0.2) is 10.9 Å². The molecule has 0 spiro atoms. The van der Waals surface area contributed by atoms with Gasteiger partial charge >= 0.3 is 6.18 Å². The Morgan fingerprint density at radius 3 is 2.32 bits per heavy atom. The first kappa shape index (κ1) is 23.2. The number of aromatic nitrogens is 1. The van der Waals surface area contributed by atoms with Crippen LogP contribution in [-0.2, 0) is 12.7 Å². The fourth-order valence-corrected chi connectivity index (χ4v) is 2.17. The van der Waals surface area contributed by atoms with Gasteiger partial charge in [0.05, 0.1) is 16.8 Å². The molecule has 0 radical (unpaired) electrons. The van der Waals surface area contributed by atoms with Crippen LogP contribution < -0.4 is 11.1 Å². The van der Waals surface area contributed by atoms with Crippen molar-refractivity contribution in [3.05, 3.63) is 58.4 Å². The van der Waals surface area contributed by atoms with E-state index < -0.39 is 17.6 Å². The molecule has 138 valence electrons. The highest BCUT2D eigenvalue weighted by Crippen LogP contribution is 2.32.